The molecule has 51 heavy (non-hydrogen) atoms. The van der Waals surface area contributed by atoms with Gasteiger partial charge in [0.1, 0.15) is 11.1 Å². The Bertz CT molecular complexity index is 1410. The molecule has 0 aromatic heterocycles. The fraction of sp³-hybridized carbons (Fsp3) is 0.467. The van der Waals surface area contributed by atoms with Crippen LogP contribution in [0.5, 0.6) is 0 Å². The topological polar surface area (TPSA) is 83.0 Å². The highest BCUT2D eigenvalue weighted by atomic mass is 16.5. The van der Waals surface area contributed by atoms with Crippen LogP contribution < -0.4 is 10.6 Å². The fourth-order valence-corrected chi connectivity index (χ4v) is 6.82. The fourth-order valence-electron chi connectivity index (χ4n) is 6.82. The lowest BCUT2D eigenvalue weighted by Gasteiger charge is -2.48. The van der Waals surface area contributed by atoms with Crippen LogP contribution in [0.2, 0.25) is 0 Å². The summed E-state index contributed by atoms with van der Waals surface area (Å²) < 4.78 is 11.8. The first kappa shape index (κ1) is 40.4. The average molecular weight is 695 g/mol. The van der Waals surface area contributed by atoms with Crippen LogP contribution in [-0.2, 0) is 33.5 Å². The van der Waals surface area contributed by atoms with E-state index in [4.69, 9.17) is 9.47 Å². The Labute approximate surface area is 307 Å². The number of benzene rings is 4. The summed E-state index contributed by atoms with van der Waals surface area (Å²) in [7, 11) is 0. The normalized spacial score (nSPS) is 13.8. The van der Waals surface area contributed by atoms with Crippen molar-refractivity contribution in [3.63, 3.8) is 0 Å². The predicted octanol–water partition coefficient (Wildman–Crippen LogP) is 7.97. The molecule has 0 fully saturated rings. The van der Waals surface area contributed by atoms with Crippen molar-refractivity contribution in [2.24, 2.45) is 0 Å². The SMILES string of the molecule is OCC(NCCCCCOCCCc1ccccc1)(c1ccccc1)C(O)(CNCCCCCCCOCCc1ccccc1)c1ccccc1. The van der Waals surface area contributed by atoms with Crippen molar-refractivity contribution >= 4 is 0 Å². The van der Waals surface area contributed by atoms with Crippen LogP contribution in [-0.4, -0.2) is 62.9 Å². The Kier molecular flexibility index (Phi) is 19.0. The Morgan fingerprint density at radius 1 is 0.471 bits per heavy atom. The number of rotatable bonds is 28. The maximum absolute atomic E-state index is 12.7. The van der Waals surface area contributed by atoms with Crippen molar-refractivity contribution in [2.75, 3.05) is 52.7 Å². The van der Waals surface area contributed by atoms with Gasteiger partial charge in [-0.25, -0.2) is 0 Å². The molecule has 0 aliphatic carbocycles. The zero-order valence-electron chi connectivity index (χ0n) is 30.7. The first-order valence-electron chi connectivity index (χ1n) is 19.3. The van der Waals surface area contributed by atoms with Gasteiger partial charge in [-0.15, -0.1) is 0 Å². The van der Waals surface area contributed by atoms with Gasteiger partial charge in [0.15, 0.2) is 0 Å². The van der Waals surface area contributed by atoms with E-state index >= 15 is 0 Å². The lowest BCUT2D eigenvalue weighted by atomic mass is 9.70. The molecule has 0 saturated carbocycles. The van der Waals surface area contributed by atoms with Gasteiger partial charge in [-0.3, -0.25) is 0 Å². The first-order chi connectivity index (χ1) is 25.2. The van der Waals surface area contributed by atoms with E-state index in [1.807, 2.05) is 66.7 Å². The summed E-state index contributed by atoms with van der Waals surface area (Å²) in [5, 5.41) is 31.2. The molecular formula is C45H62N2O4. The maximum Gasteiger partial charge on any atom is 0.126 e. The third-order valence-electron chi connectivity index (χ3n) is 9.85. The zero-order chi connectivity index (χ0) is 35.7. The largest absolute Gasteiger partial charge is 0.394 e. The third-order valence-corrected chi connectivity index (χ3v) is 9.85. The molecule has 2 unspecified atom stereocenters. The van der Waals surface area contributed by atoms with Gasteiger partial charge >= 0.3 is 0 Å². The number of aliphatic hydroxyl groups is 2. The van der Waals surface area contributed by atoms with Gasteiger partial charge in [0, 0.05) is 26.4 Å². The van der Waals surface area contributed by atoms with Crippen molar-refractivity contribution in [3.05, 3.63) is 144 Å². The molecule has 0 spiro atoms. The molecular weight excluding hydrogens is 633 g/mol. The smallest absolute Gasteiger partial charge is 0.126 e. The van der Waals surface area contributed by atoms with E-state index in [-0.39, 0.29) is 6.61 Å². The van der Waals surface area contributed by atoms with Gasteiger partial charge in [-0.1, -0.05) is 141 Å². The minimum atomic E-state index is -1.40. The molecule has 4 N–H and O–H groups in total. The minimum absolute atomic E-state index is 0.248. The number of unbranched alkanes of at least 4 members (excludes halogenated alkanes) is 6. The van der Waals surface area contributed by atoms with Gasteiger partial charge in [0.2, 0.25) is 0 Å². The second kappa shape index (κ2) is 24.0. The van der Waals surface area contributed by atoms with Gasteiger partial charge in [0.25, 0.3) is 0 Å². The minimum Gasteiger partial charge on any atom is -0.394 e. The molecule has 6 heteroatoms. The lowest BCUT2D eigenvalue weighted by molar-refractivity contribution is -0.0851. The highest BCUT2D eigenvalue weighted by Crippen LogP contribution is 2.40. The highest BCUT2D eigenvalue weighted by Gasteiger charge is 2.52. The molecule has 0 radical (unpaired) electrons. The molecule has 0 heterocycles. The number of nitrogens with one attached hydrogen (secondary N) is 2. The molecule has 4 aromatic carbocycles. The summed E-state index contributed by atoms with van der Waals surface area (Å²) in [6.07, 6.45) is 11.5. The first-order valence-corrected chi connectivity index (χ1v) is 19.3. The molecule has 0 aliphatic heterocycles. The van der Waals surface area contributed by atoms with Crippen LogP contribution >= 0.6 is 0 Å². The number of ether oxygens (including phenoxy) is 2. The summed E-state index contributed by atoms with van der Waals surface area (Å²) in [6, 6.07) is 40.8. The standard InChI is InChI=1S/C45H62N2O4/c48-39-44(42-27-13-6-14-28-42,47-33-18-8-20-34-50-36-21-26-40-22-9-4-10-23-40)45(49,43-29-15-7-16-30-43)38-46-32-17-2-1-3-19-35-51-37-31-41-24-11-5-12-25-41/h4-7,9-16,22-25,27-30,46-49H,1-3,8,17-21,26,31-39H2. The summed E-state index contributed by atoms with van der Waals surface area (Å²) in [5.41, 5.74) is 1.82. The second-order valence-corrected chi connectivity index (χ2v) is 13.6. The van der Waals surface area contributed by atoms with Crippen LogP contribution in [0.4, 0.5) is 0 Å². The summed E-state index contributed by atoms with van der Waals surface area (Å²) in [4.78, 5) is 0. The summed E-state index contributed by atoms with van der Waals surface area (Å²) >= 11 is 0. The molecule has 0 saturated heterocycles. The van der Waals surface area contributed by atoms with E-state index in [1.165, 1.54) is 11.1 Å². The Morgan fingerprint density at radius 2 is 0.941 bits per heavy atom. The van der Waals surface area contributed by atoms with Crippen molar-refractivity contribution < 1.29 is 19.7 Å². The second-order valence-electron chi connectivity index (χ2n) is 13.6. The van der Waals surface area contributed by atoms with Crippen LogP contribution in [0.15, 0.2) is 121 Å². The van der Waals surface area contributed by atoms with E-state index in [9.17, 15) is 10.2 Å². The Hall–Kier alpha value is -3.36. The average Bonchev–Trinajstić information content (AvgIpc) is 3.19. The third kappa shape index (κ3) is 13.6. The number of hydrogen-bond donors (Lipinski definition) is 4. The molecule has 4 rings (SSSR count). The van der Waals surface area contributed by atoms with Crippen LogP contribution in [0, 0.1) is 0 Å². The van der Waals surface area contributed by atoms with Crippen molar-refractivity contribution in [1.29, 1.82) is 0 Å². The van der Waals surface area contributed by atoms with Gasteiger partial charge in [0.05, 0.1) is 13.2 Å². The molecule has 6 nitrogen and oxygen atoms in total. The predicted molar refractivity (Wildman–Crippen MR) is 210 cm³/mol. The Balaban J connectivity index is 1.22. The van der Waals surface area contributed by atoms with E-state index in [1.54, 1.807) is 0 Å². The van der Waals surface area contributed by atoms with E-state index in [0.717, 1.165) is 115 Å². The molecule has 4 aromatic rings. The number of aryl methyl sites for hydroxylation is 1. The monoisotopic (exact) mass is 694 g/mol. The molecule has 0 bridgehead atoms. The quantitative estimate of drug-likeness (QED) is 0.0452. The number of aliphatic hydroxyl groups excluding tert-OH is 1. The van der Waals surface area contributed by atoms with Crippen molar-refractivity contribution in [1.82, 2.24) is 10.6 Å². The van der Waals surface area contributed by atoms with Gasteiger partial charge in [-0.05, 0) is 86.7 Å². The molecule has 0 aliphatic rings. The molecule has 0 amide bonds. The van der Waals surface area contributed by atoms with Gasteiger partial charge < -0.3 is 30.3 Å². The zero-order valence-corrected chi connectivity index (χ0v) is 30.7. The van der Waals surface area contributed by atoms with Crippen molar-refractivity contribution in [2.45, 2.75) is 81.8 Å². The van der Waals surface area contributed by atoms with Crippen LogP contribution in [0.3, 0.4) is 0 Å². The molecule has 2 atom stereocenters. The van der Waals surface area contributed by atoms with Crippen molar-refractivity contribution in [3.8, 4) is 0 Å². The van der Waals surface area contributed by atoms with E-state index in [0.29, 0.717) is 13.1 Å². The van der Waals surface area contributed by atoms with Gasteiger partial charge in [-0.2, -0.15) is 0 Å². The highest BCUT2D eigenvalue weighted by molar-refractivity contribution is 5.37. The lowest BCUT2D eigenvalue weighted by Crippen LogP contribution is -2.64. The van der Waals surface area contributed by atoms with Crippen LogP contribution in [0.1, 0.15) is 80.0 Å². The van der Waals surface area contributed by atoms with Crippen LogP contribution in [0.25, 0.3) is 0 Å². The molecule has 276 valence electrons. The maximum atomic E-state index is 12.7. The number of hydrogen-bond acceptors (Lipinski definition) is 6. The Morgan fingerprint density at radius 3 is 1.57 bits per heavy atom. The van der Waals surface area contributed by atoms with E-state index < -0.39 is 11.1 Å². The summed E-state index contributed by atoms with van der Waals surface area (Å²) in [5.74, 6) is 0. The summed E-state index contributed by atoms with van der Waals surface area (Å²) in [6.45, 7) is 4.63. The van der Waals surface area contributed by atoms with E-state index in [2.05, 4.69) is 65.2 Å².